The predicted molar refractivity (Wildman–Crippen MR) is 507 cm³/mol. The molecule has 0 spiro atoms. The second kappa shape index (κ2) is 53.9. The first kappa shape index (κ1) is 111. The predicted octanol–water partition coefficient (Wildman–Crippen LogP) is 8.10. The molecular weight excluding hydrogens is 1830 g/mol. The third-order valence-electron chi connectivity index (χ3n) is 22.1. The van der Waals surface area contributed by atoms with Crippen molar-refractivity contribution in [2.24, 2.45) is 29.4 Å². The first-order chi connectivity index (χ1) is 62.1. The fraction of sp³-hybridized carbons (Fsp3) is 0.435. The van der Waals surface area contributed by atoms with E-state index < -0.39 is 17.9 Å². The van der Waals surface area contributed by atoms with Gasteiger partial charge in [0.15, 0.2) is 44.7 Å². The van der Waals surface area contributed by atoms with Crippen LogP contribution in [0.2, 0.25) is 25.2 Å². The summed E-state index contributed by atoms with van der Waals surface area (Å²) in [4.78, 5) is 119. The summed E-state index contributed by atoms with van der Waals surface area (Å²) in [6.07, 6.45) is 10.2. The fourth-order valence-electron chi connectivity index (χ4n) is 15.8. The quantitative estimate of drug-likeness (QED) is 0.0102. The normalized spacial score (nSPS) is 14.0. The number of carboxylic acids is 1. The zero-order valence-corrected chi connectivity index (χ0v) is 81.3. The number of aliphatic carboxylic acids is 1. The van der Waals surface area contributed by atoms with Crippen molar-refractivity contribution in [2.75, 3.05) is 135 Å². The van der Waals surface area contributed by atoms with Crippen molar-refractivity contribution in [1.29, 1.82) is 0 Å². The molecule has 133 heavy (non-hydrogen) atoms. The molecule has 16 rings (SSSR count). The van der Waals surface area contributed by atoms with Crippen molar-refractivity contribution in [3.8, 4) is 23.0 Å². The van der Waals surface area contributed by atoms with Gasteiger partial charge in [0.25, 0.3) is 0 Å². The number of hydrogen-bond acceptors (Lipinski definition) is 28. The first-order valence-corrected chi connectivity index (χ1v) is 44.9. The molecule has 4 saturated heterocycles. The van der Waals surface area contributed by atoms with Gasteiger partial charge in [0, 0.05) is 72.5 Å². The molecule has 41 heteroatoms. The molecule has 12 heterocycles. The molecule has 0 amide bonds. The summed E-state index contributed by atoms with van der Waals surface area (Å²) in [7, 11) is 0. The number of nitrogens with zero attached hydrogens (tertiary/aromatic N) is 8. The van der Waals surface area contributed by atoms with E-state index in [1.165, 1.54) is 10.6 Å². The van der Waals surface area contributed by atoms with Crippen molar-refractivity contribution in [3.05, 3.63) is 163 Å². The van der Waals surface area contributed by atoms with Gasteiger partial charge in [-0.15, -0.1) is 0 Å². The Morgan fingerprint density at radius 1 is 0.406 bits per heavy atom. The Bertz CT molecular complexity index is 6280. The minimum atomic E-state index is -1.06. The van der Waals surface area contributed by atoms with Crippen LogP contribution < -0.4 is 111 Å². The van der Waals surface area contributed by atoms with Crippen LogP contribution in [0.15, 0.2) is 116 Å². The van der Waals surface area contributed by atoms with Crippen LogP contribution in [0.25, 0.3) is 87.7 Å². The number of nitrogens with two attached hydrogens (primary N) is 1. The summed E-state index contributed by atoms with van der Waals surface area (Å²) in [5.74, 6) is 3.44. The van der Waals surface area contributed by atoms with E-state index in [2.05, 4.69) is 30.9 Å². The summed E-state index contributed by atoms with van der Waals surface area (Å²) in [6.45, 7) is 21.4. The second-order valence-corrected chi connectivity index (χ2v) is 32.5. The summed E-state index contributed by atoms with van der Waals surface area (Å²) in [5, 5.41) is 24.3. The van der Waals surface area contributed by atoms with E-state index in [4.69, 9.17) is 116 Å². The smallest absolute Gasteiger partial charge is 0.870 e. The van der Waals surface area contributed by atoms with E-state index in [1.54, 1.807) is 132 Å². The number of hydrogen-bond donors (Lipinski definition) is 5. The van der Waals surface area contributed by atoms with E-state index in [0.29, 0.717) is 175 Å². The number of benzene rings is 4. The average molecular weight is 1940 g/mol. The Balaban J connectivity index is 0.000000233. The van der Waals surface area contributed by atoms with E-state index in [1.807, 2.05) is 20.1 Å². The Morgan fingerprint density at radius 3 is 0.940 bits per heavy atom. The van der Waals surface area contributed by atoms with E-state index >= 15 is 0 Å². The van der Waals surface area contributed by atoms with Crippen molar-refractivity contribution in [3.63, 3.8) is 0 Å². The minimum Gasteiger partial charge on any atom is -0.870 e. The van der Waals surface area contributed by atoms with Crippen LogP contribution in [0.1, 0.15) is 92.9 Å². The van der Waals surface area contributed by atoms with Crippen LogP contribution in [-0.2, 0) is 73.8 Å². The molecule has 8 aromatic heterocycles. The monoisotopic (exact) mass is 1940 g/mol. The molecule has 4 aliphatic rings. The summed E-state index contributed by atoms with van der Waals surface area (Å²) in [6, 6.07) is 26.6. The molecule has 12 aromatic rings. The standard InChI is InChI=1S/C24H28ClN3O5.C22H24ClN3O5.C22H23ClN3O4.C18H16Cl2N2O4.C6H13NO.Li.Na.3H2O/c1-3-32-20(29)14-28-21-16(5-7-18(25)23(21)33-4-2)22(30)17-6-8-19(27-24(17)28)26-13-15-9-11-31-12-10-15;1-2-31-21-16(23)5-3-14-19(21)26(12-18(27)28)22-15(20(14)29)4-6-17(25-22)24-11-13-7-9-30-10-8-13;1-2-30-21-17(23)5-3-15-19(21)26(9-10-27)22-16(20(15)28)4-6-18(25-22)24-13-14-7-11-29-12-8-14;1-3-25-14(23)9-22-15-10(5-7-12(19)17(15)26-4-2)16(24)11-6-8-13(20)21-18(11)22;7-5-6-1-3-8-4-2-6;;;;;/h5-8,15H,3-4,9-14H2,1-2H3,(H,26,27);3-6,13H,2,7-12H2,1H3,(H,24,25)(H,27,28);3-6,14H,2,7-9,11-13H2,1H3,(H,24,25);5-8H,3-4,9H2,1-2H3;6H,1-5,7H2;;;3*1H2/q;;-1;;;2*+1;;;/p-2. The minimum absolute atomic E-state index is 0. The van der Waals surface area contributed by atoms with E-state index in [0.717, 1.165) is 136 Å². The van der Waals surface area contributed by atoms with Crippen molar-refractivity contribution in [1.82, 2.24) is 38.2 Å². The molecule has 4 aromatic carbocycles. The third kappa shape index (κ3) is 27.2. The molecule has 0 radical (unpaired) electrons. The molecule has 4 aliphatic heterocycles. The molecule has 0 unspecified atom stereocenters. The van der Waals surface area contributed by atoms with Crippen molar-refractivity contribution in [2.45, 2.75) is 119 Å². The summed E-state index contributed by atoms with van der Waals surface area (Å²) in [5.41, 5.74) is 7.53. The van der Waals surface area contributed by atoms with Gasteiger partial charge >= 0.3 is 66.3 Å². The van der Waals surface area contributed by atoms with E-state index in [9.17, 15) is 43.5 Å². The number of anilines is 3. The fourth-order valence-corrected chi connectivity index (χ4v) is 16.8. The molecule has 0 bridgehead atoms. The van der Waals surface area contributed by atoms with E-state index in [-0.39, 0.29) is 148 Å². The number of aromatic nitrogens is 8. The molecule has 0 aliphatic carbocycles. The van der Waals surface area contributed by atoms with Gasteiger partial charge in [-0.05, 0) is 220 Å². The average Bonchev–Trinajstić information content (AvgIpc) is 0.746. The van der Waals surface area contributed by atoms with Crippen molar-refractivity contribution >= 4 is 187 Å². The first-order valence-electron chi connectivity index (χ1n) is 43.0. The number of esters is 2. The number of rotatable bonds is 28. The van der Waals surface area contributed by atoms with Gasteiger partial charge < -0.3 is 114 Å². The molecule has 34 nitrogen and oxygen atoms in total. The molecular formula is C92H108Cl5LiN12NaO22-. The summed E-state index contributed by atoms with van der Waals surface area (Å²) < 4.78 is 60.9. The number of fused-ring (bicyclic) bond motifs is 8. The van der Waals surface area contributed by atoms with Crippen LogP contribution in [-0.4, -0.2) is 203 Å². The molecule has 706 valence electrons. The Kier molecular flexibility index (Phi) is 44.9. The van der Waals surface area contributed by atoms with Gasteiger partial charge in [-0.2, -0.15) is 0 Å². The number of pyridine rings is 8. The third-order valence-corrected chi connectivity index (χ3v) is 23.5. The van der Waals surface area contributed by atoms with Gasteiger partial charge in [0.2, 0.25) is 0 Å². The SMILES string of the molecule is CCOC(=O)Cn1c2nc(Cl)ccc2c(=O)c2ccc(Cl)c(OCC)c21.CCOC(=O)Cn1c2nc(NCC3CCOCC3)ccc2c(=O)c2ccc(Cl)c(OCC)c21.CCOc1c(Cl)ccc2c(=O)c3ccc(NCC4CCOCC4)nc3n(CC(=O)O)c12.CCOc1c(Cl)ccc2c(=O)c3ccc(NCC4CCOCC4)nc3n(C[C-]=O)c12.NCC1CCOCC1.O.[Li+].[Na+].[OH-].[OH-]. The Hall–Kier alpha value is -9.23. The van der Waals surface area contributed by atoms with Gasteiger partial charge in [-0.3, -0.25) is 33.6 Å². The molecule has 0 atom stereocenters. The van der Waals surface area contributed by atoms with Crippen LogP contribution in [0, 0.1) is 23.7 Å². The Labute approximate surface area is 825 Å². The number of ether oxygens (including phenoxy) is 10. The van der Waals surface area contributed by atoms with Gasteiger partial charge in [0.1, 0.15) is 64.8 Å². The summed E-state index contributed by atoms with van der Waals surface area (Å²) >= 11 is 31.4. The zero-order valence-electron chi connectivity index (χ0n) is 75.5. The van der Waals surface area contributed by atoms with Crippen LogP contribution >= 0.6 is 58.0 Å². The van der Waals surface area contributed by atoms with Gasteiger partial charge in [0.05, 0.1) is 125 Å². The molecule has 0 saturated carbocycles. The Morgan fingerprint density at radius 2 is 0.669 bits per heavy atom. The van der Waals surface area contributed by atoms with Crippen LogP contribution in [0.3, 0.4) is 0 Å². The number of carboxylic acid groups (broad SMARTS) is 1. The van der Waals surface area contributed by atoms with Gasteiger partial charge in [-0.1, -0.05) is 64.5 Å². The largest absolute Gasteiger partial charge is 1.00 e. The topological polar surface area (TPSA) is 474 Å². The van der Waals surface area contributed by atoms with Crippen molar-refractivity contribution < 1.29 is 136 Å². The number of carbonyl (C=O) groups is 3. The maximum Gasteiger partial charge on any atom is 1.00 e. The molecule has 4 fully saturated rings. The second-order valence-electron chi connectivity index (χ2n) is 30.4. The van der Waals surface area contributed by atoms with Gasteiger partial charge in [-0.25, -0.2) is 26.2 Å². The number of nitrogens with one attached hydrogen (secondary N) is 3. The maximum atomic E-state index is 13.3. The maximum absolute atomic E-state index is 13.3. The number of halogens is 5. The molecule has 10 N–H and O–H groups in total. The van der Waals surface area contributed by atoms with Crippen LogP contribution in [0.5, 0.6) is 23.0 Å². The zero-order chi connectivity index (χ0) is 91.1. The van der Waals surface area contributed by atoms with Crippen LogP contribution in [0.4, 0.5) is 17.5 Å². The number of carbonyl (C=O) groups excluding carboxylic acids is 3.